The van der Waals surface area contributed by atoms with E-state index < -0.39 is 0 Å². The van der Waals surface area contributed by atoms with E-state index in [1.807, 2.05) is 12.1 Å². The predicted molar refractivity (Wildman–Crippen MR) is 108 cm³/mol. The van der Waals surface area contributed by atoms with E-state index in [0.29, 0.717) is 0 Å². The lowest BCUT2D eigenvalue weighted by molar-refractivity contribution is 0.273. The highest BCUT2D eigenvalue weighted by Gasteiger charge is 2.33. The number of likely N-dealkylation sites (tertiary alicyclic amines) is 1. The summed E-state index contributed by atoms with van der Waals surface area (Å²) >= 11 is 0. The number of aryl methyl sites for hydroxylation is 1. The Morgan fingerprint density at radius 3 is 2.46 bits per heavy atom. The van der Waals surface area contributed by atoms with E-state index in [1.165, 1.54) is 23.2 Å². The second kappa shape index (κ2) is 8.42. The minimum atomic E-state index is 0. The molecule has 26 heavy (non-hydrogen) atoms. The van der Waals surface area contributed by atoms with Crippen molar-refractivity contribution in [2.24, 2.45) is 11.1 Å². The zero-order valence-corrected chi connectivity index (χ0v) is 17.1. The van der Waals surface area contributed by atoms with Gasteiger partial charge in [0.25, 0.3) is 0 Å². The van der Waals surface area contributed by atoms with Gasteiger partial charge in [-0.05, 0) is 56.5 Å². The van der Waals surface area contributed by atoms with Crippen molar-refractivity contribution in [2.45, 2.75) is 40.3 Å². The van der Waals surface area contributed by atoms with Crippen LogP contribution in [0, 0.1) is 19.3 Å². The molecular weight excluding hydrogens is 348 g/mol. The molecule has 1 aliphatic heterocycles. The van der Waals surface area contributed by atoms with Crippen molar-refractivity contribution in [2.75, 3.05) is 26.7 Å². The Morgan fingerprint density at radius 2 is 1.88 bits per heavy atom. The molecule has 144 valence electrons. The number of halogens is 1. The van der Waals surface area contributed by atoms with Crippen LogP contribution in [0.25, 0.3) is 0 Å². The van der Waals surface area contributed by atoms with Crippen LogP contribution < -0.4 is 10.5 Å². The largest absolute Gasteiger partial charge is 0.497 e. The van der Waals surface area contributed by atoms with Gasteiger partial charge in [-0.25, -0.2) is 0 Å². The topological polar surface area (TPSA) is 56.3 Å². The van der Waals surface area contributed by atoms with Gasteiger partial charge in [0, 0.05) is 24.3 Å². The molecule has 1 aliphatic rings. The SMILES string of the molecule is COc1ccc(Cn2nc(C)c(CN3CCC(C)(CN)C3)c2C)cc1.Cl. The minimum absolute atomic E-state index is 0. The molecule has 1 atom stereocenters. The number of benzene rings is 1. The summed E-state index contributed by atoms with van der Waals surface area (Å²) in [4.78, 5) is 2.52. The van der Waals surface area contributed by atoms with Crippen LogP contribution in [0.4, 0.5) is 0 Å². The molecule has 0 saturated carbocycles. The van der Waals surface area contributed by atoms with Crippen molar-refractivity contribution in [1.82, 2.24) is 14.7 Å². The predicted octanol–water partition coefficient (Wildman–Crippen LogP) is 3.15. The summed E-state index contributed by atoms with van der Waals surface area (Å²) in [5, 5.41) is 4.78. The fourth-order valence-corrected chi connectivity index (χ4v) is 3.67. The number of nitrogens with two attached hydrogens (primary N) is 1. The van der Waals surface area contributed by atoms with Gasteiger partial charge in [-0.3, -0.25) is 9.58 Å². The smallest absolute Gasteiger partial charge is 0.118 e. The summed E-state index contributed by atoms with van der Waals surface area (Å²) in [7, 11) is 1.69. The van der Waals surface area contributed by atoms with E-state index in [-0.39, 0.29) is 17.8 Å². The van der Waals surface area contributed by atoms with Gasteiger partial charge in [0.05, 0.1) is 19.3 Å². The first-order valence-electron chi connectivity index (χ1n) is 9.02. The molecule has 0 bridgehead atoms. The first-order chi connectivity index (χ1) is 11.9. The highest BCUT2D eigenvalue weighted by atomic mass is 35.5. The van der Waals surface area contributed by atoms with Crippen molar-refractivity contribution < 1.29 is 4.74 Å². The average molecular weight is 379 g/mol. The average Bonchev–Trinajstić information content (AvgIpc) is 3.11. The minimum Gasteiger partial charge on any atom is -0.497 e. The molecule has 2 aromatic rings. The number of hydrogen-bond acceptors (Lipinski definition) is 4. The van der Waals surface area contributed by atoms with Crippen LogP contribution in [0.2, 0.25) is 0 Å². The zero-order valence-electron chi connectivity index (χ0n) is 16.3. The van der Waals surface area contributed by atoms with Gasteiger partial charge in [-0.1, -0.05) is 19.1 Å². The molecule has 2 heterocycles. The third kappa shape index (κ3) is 4.40. The van der Waals surface area contributed by atoms with E-state index in [2.05, 4.69) is 42.5 Å². The van der Waals surface area contributed by atoms with Crippen LogP contribution in [0.3, 0.4) is 0 Å². The lowest BCUT2D eigenvalue weighted by atomic mass is 9.90. The summed E-state index contributed by atoms with van der Waals surface area (Å²) in [6, 6.07) is 8.20. The van der Waals surface area contributed by atoms with E-state index in [9.17, 15) is 0 Å². The maximum absolute atomic E-state index is 5.94. The number of methoxy groups -OCH3 is 1. The Hall–Kier alpha value is -1.56. The van der Waals surface area contributed by atoms with Gasteiger partial charge < -0.3 is 10.5 Å². The monoisotopic (exact) mass is 378 g/mol. The van der Waals surface area contributed by atoms with Crippen LogP contribution >= 0.6 is 12.4 Å². The lowest BCUT2D eigenvalue weighted by Gasteiger charge is -2.22. The van der Waals surface area contributed by atoms with Gasteiger partial charge in [-0.15, -0.1) is 12.4 Å². The molecule has 5 nitrogen and oxygen atoms in total. The Balaban J connectivity index is 0.00000243. The molecule has 1 saturated heterocycles. The van der Waals surface area contributed by atoms with Crippen LogP contribution in [0.1, 0.15) is 35.9 Å². The summed E-state index contributed by atoms with van der Waals surface area (Å²) < 4.78 is 7.35. The van der Waals surface area contributed by atoms with Gasteiger partial charge in [-0.2, -0.15) is 5.10 Å². The zero-order chi connectivity index (χ0) is 18.0. The molecule has 0 aliphatic carbocycles. The van der Waals surface area contributed by atoms with Crippen LogP contribution in [-0.4, -0.2) is 41.4 Å². The summed E-state index contributed by atoms with van der Waals surface area (Å²) in [6.07, 6.45) is 1.18. The van der Waals surface area contributed by atoms with Crippen molar-refractivity contribution in [3.05, 3.63) is 46.8 Å². The van der Waals surface area contributed by atoms with Crippen molar-refractivity contribution in [1.29, 1.82) is 0 Å². The molecule has 6 heteroatoms. The Morgan fingerprint density at radius 1 is 1.19 bits per heavy atom. The van der Waals surface area contributed by atoms with Crippen LogP contribution in [0.5, 0.6) is 5.75 Å². The van der Waals surface area contributed by atoms with Crippen LogP contribution in [-0.2, 0) is 13.1 Å². The van der Waals surface area contributed by atoms with E-state index in [4.69, 9.17) is 15.6 Å². The maximum atomic E-state index is 5.94. The molecule has 0 amide bonds. The fraction of sp³-hybridized carbons (Fsp3) is 0.550. The fourth-order valence-electron chi connectivity index (χ4n) is 3.67. The summed E-state index contributed by atoms with van der Waals surface area (Å²) in [6.45, 7) is 11.3. The van der Waals surface area contributed by atoms with Crippen molar-refractivity contribution >= 4 is 12.4 Å². The Kier molecular flexibility index (Phi) is 6.72. The van der Waals surface area contributed by atoms with E-state index in [1.54, 1.807) is 7.11 Å². The van der Waals surface area contributed by atoms with Gasteiger partial charge in [0.15, 0.2) is 0 Å². The first kappa shape index (κ1) is 20.7. The molecule has 0 spiro atoms. The second-order valence-corrected chi connectivity index (χ2v) is 7.63. The number of hydrogen-bond donors (Lipinski definition) is 1. The molecule has 1 unspecified atom stereocenters. The third-order valence-corrected chi connectivity index (χ3v) is 5.53. The molecule has 2 N–H and O–H groups in total. The second-order valence-electron chi connectivity index (χ2n) is 7.63. The number of aromatic nitrogens is 2. The first-order valence-corrected chi connectivity index (χ1v) is 9.02. The van der Waals surface area contributed by atoms with E-state index >= 15 is 0 Å². The molecule has 1 aromatic carbocycles. The number of rotatable bonds is 6. The summed E-state index contributed by atoms with van der Waals surface area (Å²) in [5.74, 6) is 0.884. The lowest BCUT2D eigenvalue weighted by Crippen LogP contribution is -2.31. The van der Waals surface area contributed by atoms with Gasteiger partial charge in [0.1, 0.15) is 5.75 Å². The number of ether oxygens (including phenoxy) is 1. The molecule has 3 rings (SSSR count). The normalized spacial score (nSPS) is 20.2. The van der Waals surface area contributed by atoms with Crippen LogP contribution in [0.15, 0.2) is 24.3 Å². The highest BCUT2D eigenvalue weighted by molar-refractivity contribution is 5.85. The third-order valence-electron chi connectivity index (χ3n) is 5.53. The Labute approximate surface area is 162 Å². The maximum Gasteiger partial charge on any atom is 0.118 e. The number of nitrogens with zero attached hydrogens (tertiary/aromatic N) is 3. The van der Waals surface area contributed by atoms with Crippen molar-refractivity contribution in [3.63, 3.8) is 0 Å². The Bertz CT molecular complexity index is 728. The molecule has 1 aromatic heterocycles. The quantitative estimate of drug-likeness (QED) is 0.838. The molecular formula is C20H31ClN4O. The van der Waals surface area contributed by atoms with Gasteiger partial charge in [0.2, 0.25) is 0 Å². The summed E-state index contributed by atoms with van der Waals surface area (Å²) in [5.41, 5.74) is 11.2. The highest BCUT2D eigenvalue weighted by Crippen LogP contribution is 2.30. The van der Waals surface area contributed by atoms with E-state index in [0.717, 1.165) is 44.2 Å². The standard InChI is InChI=1S/C20H30N4O.ClH/c1-15-19(12-23-10-9-20(3,13-21)14-23)16(2)24(22-15)11-17-5-7-18(25-4)8-6-17;/h5-8H,9-14,21H2,1-4H3;1H. The molecule has 1 fully saturated rings. The van der Waals surface area contributed by atoms with Crippen molar-refractivity contribution in [3.8, 4) is 5.75 Å². The van der Waals surface area contributed by atoms with Gasteiger partial charge >= 0.3 is 0 Å². The molecule has 0 radical (unpaired) electrons.